The highest BCUT2D eigenvalue weighted by Crippen LogP contribution is 2.45. The Balaban J connectivity index is 1.88. The van der Waals surface area contributed by atoms with E-state index < -0.39 is 17.6 Å². The van der Waals surface area contributed by atoms with E-state index in [-0.39, 0.29) is 24.6 Å². The van der Waals surface area contributed by atoms with Gasteiger partial charge >= 0.3 is 5.97 Å². The number of Topliss-reactive ketones (excluding diaryl/α,β-unsaturated/α-hetero) is 1. The van der Waals surface area contributed by atoms with Crippen molar-refractivity contribution in [3.05, 3.63) is 34.9 Å². The van der Waals surface area contributed by atoms with Crippen LogP contribution < -0.4 is 0 Å². The maximum Gasteiger partial charge on any atom is 0.307 e. The number of carbonyl (C=O) groups excluding carboxylic acids is 2. The molecule has 2 fully saturated rings. The minimum Gasteiger partial charge on any atom is -0.460 e. The van der Waals surface area contributed by atoms with Gasteiger partial charge < -0.3 is 9.84 Å². The third kappa shape index (κ3) is 6.17. The predicted molar refractivity (Wildman–Crippen MR) is 107 cm³/mol. The molecule has 1 aliphatic carbocycles. The zero-order valence-corrected chi connectivity index (χ0v) is 17.2. The van der Waals surface area contributed by atoms with E-state index in [2.05, 4.69) is 45.9 Å². The van der Waals surface area contributed by atoms with Gasteiger partial charge in [-0.3, -0.25) is 9.59 Å². The van der Waals surface area contributed by atoms with Gasteiger partial charge in [0, 0.05) is 18.3 Å². The summed E-state index contributed by atoms with van der Waals surface area (Å²) in [5.41, 5.74) is 3.34. The highest BCUT2D eigenvalue weighted by Gasteiger charge is 2.52. The molecule has 1 N–H and O–H groups in total. The summed E-state index contributed by atoms with van der Waals surface area (Å²) in [6.07, 6.45) is 10.7. The van der Waals surface area contributed by atoms with Crippen molar-refractivity contribution in [2.24, 2.45) is 5.41 Å². The Labute approximate surface area is 163 Å². The van der Waals surface area contributed by atoms with Gasteiger partial charge in [-0.25, -0.2) is 0 Å². The molecule has 2 bridgehead atoms. The monoisotopic (exact) mass is 374 g/mol. The molecule has 3 atom stereocenters. The summed E-state index contributed by atoms with van der Waals surface area (Å²) < 4.78 is 5.21. The fourth-order valence-electron chi connectivity index (χ4n) is 3.93. The normalized spacial score (nSPS) is 28.8. The van der Waals surface area contributed by atoms with Gasteiger partial charge in [0.15, 0.2) is 0 Å². The lowest BCUT2D eigenvalue weighted by atomic mass is 9.65. The Kier molecular flexibility index (Phi) is 7.60. The number of allylic oxidation sites excluding steroid dienone is 6. The number of esters is 1. The molecule has 27 heavy (non-hydrogen) atoms. The van der Waals surface area contributed by atoms with Crippen LogP contribution in [0.25, 0.3) is 0 Å². The molecule has 1 saturated carbocycles. The maximum atomic E-state index is 12.5. The average molecular weight is 375 g/mol. The van der Waals surface area contributed by atoms with Crippen molar-refractivity contribution in [1.29, 1.82) is 0 Å². The number of rotatable bonds is 8. The van der Waals surface area contributed by atoms with E-state index in [0.717, 1.165) is 25.7 Å². The van der Waals surface area contributed by atoms with Crippen LogP contribution in [0.3, 0.4) is 0 Å². The zero-order valence-electron chi connectivity index (χ0n) is 17.2. The minimum atomic E-state index is -0.848. The molecule has 2 aliphatic rings. The van der Waals surface area contributed by atoms with E-state index >= 15 is 0 Å². The molecular formula is C23H34O4. The van der Waals surface area contributed by atoms with Crippen LogP contribution in [0.4, 0.5) is 0 Å². The van der Waals surface area contributed by atoms with Gasteiger partial charge in [0.05, 0.1) is 12.5 Å². The van der Waals surface area contributed by atoms with E-state index in [1.807, 2.05) is 0 Å². The van der Waals surface area contributed by atoms with E-state index in [1.54, 1.807) is 0 Å². The molecule has 0 spiro atoms. The highest BCUT2D eigenvalue weighted by atomic mass is 16.6. The summed E-state index contributed by atoms with van der Waals surface area (Å²) >= 11 is 0. The first-order valence-corrected chi connectivity index (χ1v) is 10.1. The van der Waals surface area contributed by atoms with Crippen LogP contribution in [0.1, 0.15) is 79.1 Å². The number of aliphatic hydroxyl groups excluding tert-OH is 1. The number of aliphatic hydroxyl groups is 1. The molecular weight excluding hydrogens is 340 g/mol. The third-order valence-electron chi connectivity index (χ3n) is 5.74. The van der Waals surface area contributed by atoms with Crippen LogP contribution in [-0.2, 0) is 14.3 Å². The Morgan fingerprint density at radius 3 is 2.37 bits per heavy atom. The van der Waals surface area contributed by atoms with Crippen molar-refractivity contribution in [2.45, 2.75) is 91.3 Å². The standard InChI is InChI=1S/C23H34O4/c1-16(2)7-5-8-17(3)9-6-10-18(4)11-12-23-14-20(27-22(26)15-23)19(24)13-21(23)25/h7,9,11,19-20,24H,5-6,8,10,12-15H2,1-4H3. The second kappa shape index (κ2) is 9.50. The minimum absolute atomic E-state index is 0.00182. The van der Waals surface area contributed by atoms with Gasteiger partial charge in [0.1, 0.15) is 11.9 Å². The van der Waals surface area contributed by atoms with Crippen molar-refractivity contribution < 1.29 is 19.4 Å². The number of ether oxygens (including phenoxy) is 1. The molecule has 0 aromatic carbocycles. The molecule has 1 saturated heterocycles. The number of ketones is 1. The van der Waals surface area contributed by atoms with Crippen molar-refractivity contribution in [1.82, 2.24) is 0 Å². The molecule has 4 heteroatoms. The zero-order chi connectivity index (χ0) is 20.0. The Hall–Kier alpha value is -1.68. The van der Waals surface area contributed by atoms with Crippen LogP contribution in [0, 0.1) is 5.41 Å². The SMILES string of the molecule is CC(C)=CCCC(C)=CCCC(C)=CCC12CC(=O)OC(C1)C(O)CC2=O. The lowest BCUT2D eigenvalue weighted by Gasteiger charge is -2.44. The predicted octanol–water partition coefficient (Wildman–Crippen LogP) is 4.82. The fraction of sp³-hybridized carbons (Fsp3) is 0.652. The summed E-state index contributed by atoms with van der Waals surface area (Å²) in [5.74, 6) is -0.360. The number of hydrogen-bond acceptors (Lipinski definition) is 4. The average Bonchev–Trinajstić information content (AvgIpc) is 2.58. The molecule has 2 rings (SSSR count). The summed E-state index contributed by atoms with van der Waals surface area (Å²) in [4.78, 5) is 24.4. The van der Waals surface area contributed by atoms with Crippen LogP contribution >= 0.6 is 0 Å². The second-order valence-electron chi connectivity index (χ2n) is 8.55. The summed E-state index contributed by atoms with van der Waals surface area (Å²) in [7, 11) is 0. The van der Waals surface area contributed by atoms with E-state index in [0.29, 0.717) is 12.8 Å². The quantitative estimate of drug-likeness (QED) is 0.489. The van der Waals surface area contributed by atoms with Crippen LogP contribution in [0.5, 0.6) is 0 Å². The second-order valence-corrected chi connectivity index (χ2v) is 8.55. The lowest BCUT2D eigenvalue weighted by molar-refractivity contribution is -0.183. The fourth-order valence-corrected chi connectivity index (χ4v) is 3.93. The topological polar surface area (TPSA) is 63.6 Å². The largest absolute Gasteiger partial charge is 0.460 e. The number of carbonyl (C=O) groups is 2. The summed E-state index contributed by atoms with van der Waals surface area (Å²) in [6, 6.07) is 0. The number of hydrogen-bond donors (Lipinski definition) is 1. The van der Waals surface area contributed by atoms with E-state index in [4.69, 9.17) is 4.74 Å². The molecule has 0 aromatic rings. The molecule has 4 nitrogen and oxygen atoms in total. The van der Waals surface area contributed by atoms with E-state index in [9.17, 15) is 14.7 Å². The van der Waals surface area contributed by atoms with Crippen molar-refractivity contribution >= 4 is 11.8 Å². The first kappa shape index (κ1) is 21.6. The van der Waals surface area contributed by atoms with Gasteiger partial charge in [-0.1, -0.05) is 34.9 Å². The van der Waals surface area contributed by atoms with Gasteiger partial charge in [-0.15, -0.1) is 0 Å². The smallest absolute Gasteiger partial charge is 0.307 e. The van der Waals surface area contributed by atoms with Crippen molar-refractivity contribution in [2.75, 3.05) is 0 Å². The Bertz CT molecular complexity index is 651. The molecule has 0 aromatic heterocycles. The van der Waals surface area contributed by atoms with Gasteiger partial charge in [-0.05, 0) is 59.8 Å². The Morgan fingerprint density at radius 1 is 1.07 bits per heavy atom. The van der Waals surface area contributed by atoms with Crippen molar-refractivity contribution in [3.8, 4) is 0 Å². The highest BCUT2D eigenvalue weighted by molar-refractivity contribution is 5.91. The number of fused-ring (bicyclic) bond motifs is 2. The lowest BCUT2D eigenvalue weighted by Crippen LogP contribution is -2.53. The molecule has 1 heterocycles. The molecule has 3 unspecified atom stereocenters. The molecule has 150 valence electrons. The van der Waals surface area contributed by atoms with Crippen LogP contribution in [0.15, 0.2) is 34.9 Å². The Morgan fingerprint density at radius 2 is 1.70 bits per heavy atom. The molecule has 1 aliphatic heterocycles. The van der Waals surface area contributed by atoms with Gasteiger partial charge in [-0.2, -0.15) is 0 Å². The van der Waals surface area contributed by atoms with Gasteiger partial charge in [0.25, 0.3) is 0 Å². The summed E-state index contributed by atoms with van der Waals surface area (Å²) in [6.45, 7) is 8.51. The summed E-state index contributed by atoms with van der Waals surface area (Å²) in [5, 5.41) is 9.94. The maximum absolute atomic E-state index is 12.5. The first-order valence-electron chi connectivity index (χ1n) is 10.1. The van der Waals surface area contributed by atoms with Crippen LogP contribution in [-0.4, -0.2) is 29.1 Å². The molecule has 0 amide bonds. The van der Waals surface area contributed by atoms with Gasteiger partial charge in [0.2, 0.25) is 0 Å². The van der Waals surface area contributed by atoms with Crippen LogP contribution in [0.2, 0.25) is 0 Å². The van der Waals surface area contributed by atoms with E-state index in [1.165, 1.54) is 16.7 Å². The van der Waals surface area contributed by atoms with Crippen molar-refractivity contribution in [3.63, 3.8) is 0 Å². The molecule has 0 radical (unpaired) electrons. The first-order chi connectivity index (χ1) is 12.7. The third-order valence-corrected chi connectivity index (χ3v) is 5.74.